The maximum Gasteiger partial charge on any atom is 0.0204 e. The number of piperidine rings is 1. The normalized spacial score (nSPS) is 34.9. The second-order valence-corrected chi connectivity index (χ2v) is 4.87. The van der Waals surface area contributed by atoms with Gasteiger partial charge in [-0.25, -0.2) is 0 Å². The van der Waals surface area contributed by atoms with Gasteiger partial charge in [0.25, 0.3) is 0 Å². The first kappa shape index (κ1) is 10.4. The van der Waals surface area contributed by atoms with Crippen molar-refractivity contribution in [2.24, 2.45) is 5.92 Å². The van der Waals surface area contributed by atoms with Crippen LogP contribution in [-0.4, -0.2) is 50.7 Å². The Hall–Kier alpha value is -0.120. The molecule has 14 heavy (non-hydrogen) atoms. The summed E-state index contributed by atoms with van der Waals surface area (Å²) in [4.78, 5) is 2.46. The number of hydrogen-bond acceptors (Lipinski definition) is 3. The summed E-state index contributed by atoms with van der Waals surface area (Å²) in [6, 6.07) is 0.738. The molecule has 0 amide bonds. The Bertz CT molecular complexity index is 166. The first-order valence-electron chi connectivity index (χ1n) is 5.97. The van der Waals surface area contributed by atoms with E-state index in [0.29, 0.717) is 0 Å². The fraction of sp³-hybridized carbons (Fsp3) is 1.00. The molecule has 2 unspecified atom stereocenters. The minimum Gasteiger partial charge on any atom is -0.315 e. The number of nitrogens with one attached hydrogen (secondary N) is 2. The van der Waals surface area contributed by atoms with Crippen LogP contribution in [0.25, 0.3) is 0 Å². The van der Waals surface area contributed by atoms with Gasteiger partial charge in [0.2, 0.25) is 0 Å². The van der Waals surface area contributed by atoms with E-state index in [0.717, 1.165) is 12.0 Å². The van der Waals surface area contributed by atoms with Gasteiger partial charge in [0, 0.05) is 19.1 Å². The molecule has 0 aliphatic carbocycles. The Labute approximate surface area is 87.2 Å². The zero-order valence-corrected chi connectivity index (χ0v) is 9.26. The lowest BCUT2D eigenvalue weighted by atomic mass is 9.98. The topological polar surface area (TPSA) is 27.3 Å². The summed E-state index contributed by atoms with van der Waals surface area (Å²) in [5, 5.41) is 7.08. The number of likely N-dealkylation sites (tertiary alicyclic amines) is 1. The Balaban J connectivity index is 1.64. The third kappa shape index (κ3) is 2.94. The van der Waals surface area contributed by atoms with Crippen LogP contribution in [0.1, 0.15) is 19.3 Å². The van der Waals surface area contributed by atoms with Gasteiger partial charge in [-0.3, -0.25) is 0 Å². The van der Waals surface area contributed by atoms with Gasteiger partial charge >= 0.3 is 0 Å². The third-order valence-electron chi connectivity index (χ3n) is 3.48. The molecule has 2 aliphatic heterocycles. The highest BCUT2D eigenvalue weighted by Gasteiger charge is 2.19. The Morgan fingerprint density at radius 2 is 2.36 bits per heavy atom. The van der Waals surface area contributed by atoms with Gasteiger partial charge in [-0.15, -0.1) is 0 Å². The molecule has 2 fully saturated rings. The van der Waals surface area contributed by atoms with Crippen molar-refractivity contribution in [3.05, 3.63) is 0 Å². The van der Waals surface area contributed by atoms with Crippen molar-refractivity contribution in [2.45, 2.75) is 25.3 Å². The highest BCUT2D eigenvalue weighted by molar-refractivity contribution is 4.80. The molecule has 0 radical (unpaired) electrons. The molecular weight excluding hydrogens is 174 g/mol. The van der Waals surface area contributed by atoms with Crippen molar-refractivity contribution in [3.63, 3.8) is 0 Å². The monoisotopic (exact) mass is 197 g/mol. The van der Waals surface area contributed by atoms with Gasteiger partial charge in [-0.2, -0.15) is 0 Å². The van der Waals surface area contributed by atoms with Crippen LogP contribution in [0, 0.1) is 5.92 Å². The zero-order valence-electron chi connectivity index (χ0n) is 9.26. The van der Waals surface area contributed by atoms with Crippen LogP contribution in [0.15, 0.2) is 0 Å². The second kappa shape index (κ2) is 5.10. The standard InChI is InChI=1S/C11H23N3/c1-14-6-2-3-10(9-14)7-13-11-4-5-12-8-11/h10-13H,2-9H2,1H3. The third-order valence-corrected chi connectivity index (χ3v) is 3.48. The Kier molecular flexibility index (Phi) is 3.79. The maximum atomic E-state index is 3.68. The lowest BCUT2D eigenvalue weighted by molar-refractivity contribution is 0.203. The fourth-order valence-electron chi connectivity index (χ4n) is 2.60. The van der Waals surface area contributed by atoms with E-state index in [1.165, 1.54) is 52.0 Å². The van der Waals surface area contributed by atoms with Crippen molar-refractivity contribution < 1.29 is 0 Å². The van der Waals surface area contributed by atoms with E-state index in [4.69, 9.17) is 0 Å². The summed E-state index contributed by atoms with van der Waals surface area (Å²) in [7, 11) is 2.24. The van der Waals surface area contributed by atoms with Crippen LogP contribution in [0.5, 0.6) is 0 Å². The summed E-state index contributed by atoms with van der Waals surface area (Å²) in [5.74, 6) is 0.884. The SMILES string of the molecule is CN1CCCC(CNC2CCNC2)C1. The predicted octanol–water partition coefficient (Wildman–Crippen LogP) is 0.280. The van der Waals surface area contributed by atoms with Crippen molar-refractivity contribution in [3.8, 4) is 0 Å². The van der Waals surface area contributed by atoms with Crippen LogP contribution in [0.4, 0.5) is 0 Å². The van der Waals surface area contributed by atoms with Gasteiger partial charge in [0.05, 0.1) is 0 Å². The van der Waals surface area contributed by atoms with E-state index in [-0.39, 0.29) is 0 Å². The lowest BCUT2D eigenvalue weighted by Crippen LogP contribution is -2.41. The molecule has 2 N–H and O–H groups in total. The highest BCUT2D eigenvalue weighted by atomic mass is 15.1. The smallest absolute Gasteiger partial charge is 0.0204 e. The van der Waals surface area contributed by atoms with Crippen LogP contribution in [0.3, 0.4) is 0 Å². The van der Waals surface area contributed by atoms with Crippen LogP contribution in [-0.2, 0) is 0 Å². The minimum absolute atomic E-state index is 0.738. The maximum absolute atomic E-state index is 3.68. The summed E-state index contributed by atoms with van der Waals surface area (Å²) in [6.45, 7) is 6.16. The number of hydrogen-bond donors (Lipinski definition) is 2. The average Bonchev–Trinajstić information content (AvgIpc) is 2.67. The molecule has 0 aromatic rings. The first-order chi connectivity index (χ1) is 6.84. The van der Waals surface area contributed by atoms with E-state index in [1.807, 2.05) is 0 Å². The molecular formula is C11H23N3. The molecule has 2 heterocycles. The quantitative estimate of drug-likeness (QED) is 0.680. The Morgan fingerprint density at radius 3 is 3.07 bits per heavy atom. The van der Waals surface area contributed by atoms with E-state index in [9.17, 15) is 0 Å². The minimum atomic E-state index is 0.738. The van der Waals surface area contributed by atoms with Crippen LogP contribution < -0.4 is 10.6 Å². The van der Waals surface area contributed by atoms with Crippen molar-refractivity contribution in [1.29, 1.82) is 0 Å². The van der Waals surface area contributed by atoms with E-state index in [1.54, 1.807) is 0 Å². The molecule has 0 aromatic heterocycles. The summed E-state index contributed by atoms with van der Waals surface area (Å²) in [6.07, 6.45) is 4.10. The number of nitrogens with zero attached hydrogens (tertiary/aromatic N) is 1. The summed E-state index contributed by atoms with van der Waals surface area (Å²) < 4.78 is 0. The van der Waals surface area contributed by atoms with E-state index in [2.05, 4.69) is 22.6 Å². The molecule has 82 valence electrons. The van der Waals surface area contributed by atoms with Gasteiger partial charge in [0.15, 0.2) is 0 Å². The van der Waals surface area contributed by atoms with E-state index < -0.39 is 0 Å². The van der Waals surface area contributed by atoms with Crippen molar-refractivity contribution in [2.75, 3.05) is 39.8 Å². The summed E-state index contributed by atoms with van der Waals surface area (Å²) >= 11 is 0. The molecule has 0 saturated carbocycles. The van der Waals surface area contributed by atoms with Gasteiger partial charge in [-0.1, -0.05) is 0 Å². The van der Waals surface area contributed by atoms with Gasteiger partial charge in [-0.05, 0) is 51.9 Å². The van der Waals surface area contributed by atoms with Gasteiger partial charge in [0.1, 0.15) is 0 Å². The van der Waals surface area contributed by atoms with E-state index >= 15 is 0 Å². The number of rotatable bonds is 3. The van der Waals surface area contributed by atoms with Crippen molar-refractivity contribution >= 4 is 0 Å². The molecule has 2 saturated heterocycles. The zero-order chi connectivity index (χ0) is 9.80. The predicted molar refractivity (Wildman–Crippen MR) is 59.5 cm³/mol. The first-order valence-corrected chi connectivity index (χ1v) is 5.97. The molecule has 3 heteroatoms. The molecule has 2 atom stereocenters. The molecule has 0 spiro atoms. The van der Waals surface area contributed by atoms with Crippen molar-refractivity contribution in [1.82, 2.24) is 15.5 Å². The molecule has 0 aromatic carbocycles. The average molecular weight is 197 g/mol. The fourth-order valence-corrected chi connectivity index (χ4v) is 2.60. The summed E-state index contributed by atoms with van der Waals surface area (Å²) in [5.41, 5.74) is 0. The highest BCUT2D eigenvalue weighted by Crippen LogP contribution is 2.14. The Morgan fingerprint density at radius 1 is 1.43 bits per heavy atom. The van der Waals surface area contributed by atoms with Crippen LogP contribution >= 0.6 is 0 Å². The molecule has 2 rings (SSSR count). The molecule has 3 nitrogen and oxygen atoms in total. The largest absolute Gasteiger partial charge is 0.315 e. The molecule has 0 bridgehead atoms. The van der Waals surface area contributed by atoms with Gasteiger partial charge < -0.3 is 15.5 Å². The van der Waals surface area contributed by atoms with Crippen LogP contribution in [0.2, 0.25) is 0 Å². The molecule has 2 aliphatic rings. The lowest BCUT2D eigenvalue weighted by Gasteiger charge is -2.30. The second-order valence-electron chi connectivity index (χ2n) is 4.87.